The highest BCUT2D eigenvalue weighted by atomic mass is 79.9. The van der Waals surface area contributed by atoms with Crippen molar-refractivity contribution < 1.29 is 4.74 Å². The monoisotopic (exact) mass is 269 g/mol. The van der Waals surface area contributed by atoms with E-state index in [9.17, 15) is 0 Å². The van der Waals surface area contributed by atoms with E-state index in [1.54, 1.807) is 0 Å². The van der Waals surface area contributed by atoms with Crippen molar-refractivity contribution in [3.8, 4) is 0 Å². The molecular formula is C12H16BrNO. The van der Waals surface area contributed by atoms with Crippen LogP contribution in [0.4, 0.5) is 0 Å². The minimum Gasteiger partial charge on any atom is -0.377 e. The van der Waals surface area contributed by atoms with Crippen molar-refractivity contribution in [2.45, 2.75) is 13.0 Å². The number of ether oxygens (including phenoxy) is 1. The van der Waals surface area contributed by atoms with Crippen LogP contribution in [0.25, 0.3) is 0 Å². The first-order valence-corrected chi connectivity index (χ1v) is 6.17. The van der Waals surface area contributed by atoms with Gasteiger partial charge >= 0.3 is 0 Å². The summed E-state index contributed by atoms with van der Waals surface area (Å²) in [5.41, 5.74) is 1.23. The normalized spacial score (nSPS) is 16.3. The van der Waals surface area contributed by atoms with Gasteiger partial charge in [-0.1, -0.05) is 34.1 Å². The van der Waals surface area contributed by atoms with Crippen molar-refractivity contribution in [2.75, 3.05) is 19.7 Å². The molecule has 0 saturated carbocycles. The summed E-state index contributed by atoms with van der Waals surface area (Å²) in [6.45, 7) is 3.91. The second kappa shape index (κ2) is 5.64. The van der Waals surface area contributed by atoms with E-state index >= 15 is 0 Å². The van der Waals surface area contributed by atoms with Crippen LogP contribution in [0, 0.1) is 5.92 Å². The SMILES string of the molecule is Brc1ccccc1COCCC1CNC1. The lowest BCUT2D eigenvalue weighted by atomic mass is 10.0. The van der Waals surface area contributed by atoms with E-state index in [-0.39, 0.29) is 0 Å². The minimum absolute atomic E-state index is 0.710. The van der Waals surface area contributed by atoms with Gasteiger partial charge in [-0.2, -0.15) is 0 Å². The topological polar surface area (TPSA) is 21.3 Å². The van der Waals surface area contributed by atoms with E-state index < -0.39 is 0 Å². The Labute approximate surface area is 99.1 Å². The fraction of sp³-hybridized carbons (Fsp3) is 0.500. The number of hydrogen-bond acceptors (Lipinski definition) is 2. The number of halogens is 1. The summed E-state index contributed by atoms with van der Waals surface area (Å²) >= 11 is 3.51. The lowest BCUT2D eigenvalue weighted by Crippen LogP contribution is -2.42. The fourth-order valence-electron chi connectivity index (χ4n) is 1.60. The average molecular weight is 270 g/mol. The molecule has 0 aromatic heterocycles. The highest BCUT2D eigenvalue weighted by Crippen LogP contribution is 2.17. The summed E-state index contributed by atoms with van der Waals surface area (Å²) in [5.74, 6) is 0.837. The Hall–Kier alpha value is -0.380. The van der Waals surface area contributed by atoms with Gasteiger partial charge in [0.25, 0.3) is 0 Å². The summed E-state index contributed by atoms with van der Waals surface area (Å²) in [7, 11) is 0. The molecule has 1 fully saturated rings. The quantitative estimate of drug-likeness (QED) is 0.830. The first-order valence-electron chi connectivity index (χ1n) is 5.38. The molecule has 1 aromatic rings. The zero-order chi connectivity index (χ0) is 10.5. The zero-order valence-electron chi connectivity index (χ0n) is 8.71. The number of hydrogen-bond donors (Lipinski definition) is 1. The molecule has 0 spiro atoms. The van der Waals surface area contributed by atoms with Crippen molar-refractivity contribution in [1.82, 2.24) is 5.32 Å². The van der Waals surface area contributed by atoms with Crippen LogP contribution >= 0.6 is 15.9 Å². The zero-order valence-corrected chi connectivity index (χ0v) is 10.3. The molecule has 1 aliphatic heterocycles. The van der Waals surface area contributed by atoms with Crippen LogP contribution < -0.4 is 5.32 Å². The van der Waals surface area contributed by atoms with Gasteiger partial charge in [0.1, 0.15) is 0 Å². The Kier molecular flexibility index (Phi) is 4.18. The van der Waals surface area contributed by atoms with Crippen LogP contribution in [0.2, 0.25) is 0 Å². The molecule has 1 aromatic carbocycles. The smallest absolute Gasteiger partial charge is 0.0727 e. The van der Waals surface area contributed by atoms with Gasteiger partial charge in [-0.25, -0.2) is 0 Å². The summed E-state index contributed by atoms with van der Waals surface area (Å²) in [4.78, 5) is 0. The maximum Gasteiger partial charge on any atom is 0.0727 e. The van der Waals surface area contributed by atoms with Crippen molar-refractivity contribution in [3.05, 3.63) is 34.3 Å². The molecule has 0 bridgehead atoms. The molecule has 1 saturated heterocycles. The third-order valence-electron chi connectivity index (χ3n) is 2.75. The molecule has 2 rings (SSSR count). The van der Waals surface area contributed by atoms with E-state index in [4.69, 9.17) is 4.74 Å². The molecule has 0 unspecified atom stereocenters. The van der Waals surface area contributed by atoms with Crippen LogP contribution in [0.1, 0.15) is 12.0 Å². The van der Waals surface area contributed by atoms with Crippen LogP contribution in [0.5, 0.6) is 0 Å². The Balaban J connectivity index is 1.66. The molecule has 1 heterocycles. The third-order valence-corrected chi connectivity index (χ3v) is 3.53. The molecule has 0 atom stereocenters. The van der Waals surface area contributed by atoms with Gasteiger partial charge in [0.15, 0.2) is 0 Å². The standard InChI is InChI=1S/C12H16BrNO/c13-12-4-2-1-3-11(12)9-15-6-5-10-7-14-8-10/h1-4,10,14H,5-9H2. The lowest BCUT2D eigenvalue weighted by molar-refractivity contribution is 0.0990. The predicted molar refractivity (Wildman–Crippen MR) is 64.8 cm³/mol. The van der Waals surface area contributed by atoms with Gasteiger partial charge in [0.05, 0.1) is 6.61 Å². The summed E-state index contributed by atoms with van der Waals surface area (Å²) in [6, 6.07) is 8.20. The van der Waals surface area contributed by atoms with E-state index in [0.717, 1.165) is 17.0 Å². The number of benzene rings is 1. The lowest BCUT2D eigenvalue weighted by Gasteiger charge is -2.26. The molecule has 82 valence electrons. The molecule has 15 heavy (non-hydrogen) atoms. The Morgan fingerprint density at radius 1 is 1.33 bits per heavy atom. The first kappa shape index (κ1) is 11.1. The summed E-state index contributed by atoms with van der Waals surface area (Å²) < 4.78 is 6.78. The predicted octanol–water partition coefficient (Wildman–Crippen LogP) is 2.58. The van der Waals surface area contributed by atoms with Gasteiger partial charge in [-0.3, -0.25) is 0 Å². The highest BCUT2D eigenvalue weighted by molar-refractivity contribution is 9.10. The highest BCUT2D eigenvalue weighted by Gasteiger charge is 2.15. The van der Waals surface area contributed by atoms with E-state index in [0.29, 0.717) is 6.61 Å². The van der Waals surface area contributed by atoms with E-state index in [1.807, 2.05) is 12.1 Å². The number of rotatable bonds is 5. The van der Waals surface area contributed by atoms with Gasteiger partial charge in [0.2, 0.25) is 0 Å². The molecule has 0 radical (unpaired) electrons. The molecule has 0 aliphatic carbocycles. The Bertz CT molecular complexity index is 312. The van der Waals surface area contributed by atoms with Crippen LogP contribution in [0.15, 0.2) is 28.7 Å². The summed E-state index contributed by atoms with van der Waals surface area (Å²) in [6.07, 6.45) is 1.18. The van der Waals surface area contributed by atoms with Crippen LogP contribution in [-0.2, 0) is 11.3 Å². The summed E-state index contributed by atoms with van der Waals surface area (Å²) in [5, 5.41) is 3.27. The number of nitrogens with one attached hydrogen (secondary N) is 1. The largest absolute Gasteiger partial charge is 0.377 e. The van der Waals surface area contributed by atoms with Crippen LogP contribution in [-0.4, -0.2) is 19.7 Å². The minimum atomic E-state index is 0.710. The van der Waals surface area contributed by atoms with Crippen molar-refractivity contribution >= 4 is 15.9 Å². The van der Waals surface area contributed by atoms with Crippen LogP contribution in [0.3, 0.4) is 0 Å². The van der Waals surface area contributed by atoms with Gasteiger partial charge in [-0.15, -0.1) is 0 Å². The van der Waals surface area contributed by atoms with Crippen molar-refractivity contribution in [1.29, 1.82) is 0 Å². The average Bonchev–Trinajstić information content (AvgIpc) is 2.17. The molecular weight excluding hydrogens is 254 g/mol. The Morgan fingerprint density at radius 2 is 2.13 bits per heavy atom. The second-order valence-electron chi connectivity index (χ2n) is 3.96. The van der Waals surface area contributed by atoms with Gasteiger partial charge in [0, 0.05) is 11.1 Å². The maximum absolute atomic E-state index is 5.65. The van der Waals surface area contributed by atoms with E-state index in [2.05, 4.69) is 33.4 Å². The molecule has 2 nitrogen and oxygen atoms in total. The fourth-order valence-corrected chi connectivity index (χ4v) is 2.00. The van der Waals surface area contributed by atoms with Crippen molar-refractivity contribution in [2.24, 2.45) is 5.92 Å². The molecule has 0 amide bonds. The van der Waals surface area contributed by atoms with Gasteiger partial charge < -0.3 is 10.1 Å². The maximum atomic E-state index is 5.65. The second-order valence-corrected chi connectivity index (χ2v) is 4.81. The molecule has 3 heteroatoms. The molecule has 1 N–H and O–H groups in total. The van der Waals surface area contributed by atoms with Crippen molar-refractivity contribution in [3.63, 3.8) is 0 Å². The molecule has 1 aliphatic rings. The van der Waals surface area contributed by atoms with E-state index in [1.165, 1.54) is 25.1 Å². The van der Waals surface area contributed by atoms with Gasteiger partial charge in [-0.05, 0) is 37.1 Å². The Morgan fingerprint density at radius 3 is 2.80 bits per heavy atom. The third kappa shape index (κ3) is 3.30. The first-order chi connectivity index (χ1) is 7.36.